The lowest BCUT2D eigenvalue weighted by Gasteiger charge is -2.09. The van der Waals surface area contributed by atoms with Gasteiger partial charge in [-0.25, -0.2) is 22.3 Å². The van der Waals surface area contributed by atoms with E-state index in [1.165, 1.54) is 0 Å². The Morgan fingerprint density at radius 3 is 2.00 bits per heavy atom. The molecule has 0 fully saturated rings. The van der Waals surface area contributed by atoms with Gasteiger partial charge in [0.1, 0.15) is 0 Å². The maximum atomic E-state index is 8.36. The minimum Gasteiger partial charge on any atom is -0.328 e. The molecule has 0 saturated carbocycles. The number of hydrazone groups is 1. The average molecular weight is 183 g/mol. The van der Waals surface area contributed by atoms with Gasteiger partial charge in [0.15, 0.2) is 0 Å². The lowest BCUT2D eigenvalue weighted by atomic mass is 11.0. The fourth-order valence-electron chi connectivity index (χ4n) is 0.153. The van der Waals surface area contributed by atoms with Crippen LogP contribution in [0.3, 0.4) is 0 Å². The van der Waals surface area contributed by atoms with E-state index in [0.29, 0.717) is 5.12 Å². The SMILES string of the molecule is NN=C(NO)N(N)N.O=[N+]([O-])O. The Labute approximate surface area is 66.0 Å². The Hall–Kier alpha value is -1.85. The van der Waals surface area contributed by atoms with Gasteiger partial charge in [-0.1, -0.05) is 0 Å². The maximum absolute atomic E-state index is 8.36. The van der Waals surface area contributed by atoms with Crippen LogP contribution in [0.25, 0.3) is 0 Å². The van der Waals surface area contributed by atoms with E-state index in [9.17, 15) is 0 Å². The van der Waals surface area contributed by atoms with E-state index in [-0.39, 0.29) is 5.96 Å². The molecule has 0 aliphatic heterocycles. The van der Waals surface area contributed by atoms with E-state index < -0.39 is 5.09 Å². The van der Waals surface area contributed by atoms with Crippen LogP contribution in [-0.2, 0) is 0 Å². The summed E-state index contributed by atoms with van der Waals surface area (Å²) in [5.74, 6) is 14.1. The first-order valence-electron chi connectivity index (χ1n) is 2.26. The van der Waals surface area contributed by atoms with Crippen LogP contribution in [0, 0.1) is 10.1 Å². The van der Waals surface area contributed by atoms with Crippen molar-refractivity contribution < 1.29 is 15.5 Å². The van der Waals surface area contributed by atoms with Gasteiger partial charge in [-0.2, -0.15) is 0 Å². The van der Waals surface area contributed by atoms with E-state index >= 15 is 0 Å². The number of hydrogen-bond acceptors (Lipinski definition) is 7. The molecule has 0 heterocycles. The molecule has 0 amide bonds. The highest BCUT2D eigenvalue weighted by Crippen LogP contribution is 1.61. The van der Waals surface area contributed by atoms with Crippen LogP contribution in [0.2, 0.25) is 0 Å². The molecule has 0 rings (SSSR count). The molecule has 0 spiro atoms. The molecule has 11 heteroatoms. The molecule has 0 atom stereocenters. The molecule has 0 bridgehead atoms. The molecule has 11 nitrogen and oxygen atoms in total. The third kappa shape index (κ3) is 11.0. The van der Waals surface area contributed by atoms with Crippen LogP contribution >= 0.6 is 0 Å². The third-order valence-corrected chi connectivity index (χ3v) is 0.467. The number of hydroxylamine groups is 1. The van der Waals surface area contributed by atoms with Gasteiger partial charge in [0, 0.05) is 0 Å². The molecular formula is CH9N7O4. The van der Waals surface area contributed by atoms with Gasteiger partial charge in [0.2, 0.25) is 0 Å². The van der Waals surface area contributed by atoms with Crippen LogP contribution in [0.4, 0.5) is 0 Å². The summed E-state index contributed by atoms with van der Waals surface area (Å²) in [6, 6.07) is 0. The number of nitrogens with two attached hydrogens (primary N) is 3. The zero-order chi connectivity index (χ0) is 10.1. The van der Waals surface area contributed by atoms with Crippen molar-refractivity contribution in [1.82, 2.24) is 10.6 Å². The van der Waals surface area contributed by atoms with Crippen molar-refractivity contribution in [2.45, 2.75) is 0 Å². The van der Waals surface area contributed by atoms with Gasteiger partial charge in [-0.15, -0.1) is 15.2 Å². The van der Waals surface area contributed by atoms with Crippen LogP contribution in [0.5, 0.6) is 0 Å². The van der Waals surface area contributed by atoms with Crippen molar-refractivity contribution in [1.29, 1.82) is 0 Å². The monoisotopic (exact) mass is 183 g/mol. The first-order valence-corrected chi connectivity index (χ1v) is 2.26. The van der Waals surface area contributed by atoms with Crippen molar-refractivity contribution in [2.24, 2.45) is 22.6 Å². The van der Waals surface area contributed by atoms with Gasteiger partial charge in [-0.05, 0) is 0 Å². The fraction of sp³-hybridized carbons (Fsp3) is 0. The minimum absolute atomic E-state index is 0.218. The highest BCUT2D eigenvalue weighted by atomic mass is 16.9. The second-order valence-corrected chi connectivity index (χ2v) is 1.21. The summed E-state index contributed by atoms with van der Waals surface area (Å²) < 4.78 is 0. The topological polar surface area (TPSA) is 189 Å². The molecule has 0 unspecified atom stereocenters. The quantitative estimate of drug-likeness (QED) is 0.0741. The summed E-state index contributed by atoms with van der Waals surface area (Å²) in [5, 5.41) is 25.2. The maximum Gasteiger partial charge on any atom is 0.291 e. The van der Waals surface area contributed by atoms with Crippen molar-refractivity contribution in [3.05, 3.63) is 10.1 Å². The van der Waals surface area contributed by atoms with Crippen LogP contribution in [0.1, 0.15) is 0 Å². The Bertz CT molecular complexity index is 149. The normalized spacial score (nSPS) is 9.42. The summed E-state index contributed by atoms with van der Waals surface area (Å²) in [6.45, 7) is 0. The molecule has 0 saturated heterocycles. The van der Waals surface area contributed by atoms with Crippen LogP contribution < -0.4 is 23.0 Å². The van der Waals surface area contributed by atoms with Crippen molar-refractivity contribution in [3.63, 3.8) is 0 Å². The molecule has 0 aromatic carbocycles. The Morgan fingerprint density at radius 2 is 2.00 bits per heavy atom. The van der Waals surface area contributed by atoms with Gasteiger partial charge in [0.05, 0.1) is 0 Å². The molecule has 12 heavy (non-hydrogen) atoms. The van der Waals surface area contributed by atoms with E-state index in [1.807, 2.05) is 0 Å². The number of nitrogens with zero attached hydrogens (tertiary/aromatic N) is 3. The third-order valence-electron chi connectivity index (χ3n) is 0.467. The average Bonchev–Trinajstić information content (AvgIpc) is 1.87. The first kappa shape index (κ1) is 12.8. The molecule has 0 aromatic heterocycles. The van der Waals surface area contributed by atoms with E-state index in [1.54, 1.807) is 5.48 Å². The Kier molecular flexibility index (Phi) is 7.74. The van der Waals surface area contributed by atoms with Crippen LogP contribution in [-0.4, -0.2) is 26.6 Å². The molecule has 72 valence electrons. The summed E-state index contributed by atoms with van der Waals surface area (Å²) in [7, 11) is 0. The largest absolute Gasteiger partial charge is 0.328 e. The van der Waals surface area contributed by atoms with Gasteiger partial charge < -0.3 is 11.0 Å². The van der Waals surface area contributed by atoms with Gasteiger partial charge in [-0.3, -0.25) is 5.21 Å². The molecule has 0 aliphatic carbocycles. The predicted molar refractivity (Wildman–Crippen MR) is 35.5 cm³/mol. The number of hydrogen-bond donors (Lipinski definition) is 6. The smallest absolute Gasteiger partial charge is 0.291 e. The predicted octanol–water partition coefficient (Wildman–Crippen LogP) is -3.10. The minimum atomic E-state index is -1.50. The molecule has 0 aromatic rings. The van der Waals surface area contributed by atoms with E-state index in [2.05, 4.69) is 10.9 Å². The standard InChI is InChI=1S/CH8N6O.HNO3/c2-5-1(6-8)7(3)4;2-1(3)4/h8H,2-4H2,(H,5,6);(H,2,3,4). The molecule has 0 aliphatic rings. The lowest BCUT2D eigenvalue weighted by molar-refractivity contribution is -0.742. The number of rotatable bonds is 0. The second kappa shape index (κ2) is 7.26. The summed E-state index contributed by atoms with van der Waals surface area (Å²) >= 11 is 0. The van der Waals surface area contributed by atoms with Crippen molar-refractivity contribution >= 4 is 5.96 Å². The lowest BCUT2D eigenvalue weighted by Crippen LogP contribution is -2.49. The Balaban J connectivity index is 0. The zero-order valence-electron chi connectivity index (χ0n) is 5.78. The number of nitrogens with one attached hydrogen (secondary N) is 1. The van der Waals surface area contributed by atoms with E-state index in [4.69, 9.17) is 32.2 Å². The van der Waals surface area contributed by atoms with E-state index in [0.717, 1.165) is 0 Å². The Morgan fingerprint density at radius 1 is 1.67 bits per heavy atom. The highest BCUT2D eigenvalue weighted by molar-refractivity contribution is 5.77. The zero-order valence-corrected chi connectivity index (χ0v) is 5.78. The highest BCUT2D eigenvalue weighted by Gasteiger charge is 1.95. The summed E-state index contributed by atoms with van der Waals surface area (Å²) in [5.41, 5.74) is 1.55. The first-order chi connectivity index (χ1) is 5.45. The van der Waals surface area contributed by atoms with Crippen molar-refractivity contribution in [3.8, 4) is 0 Å². The summed E-state index contributed by atoms with van der Waals surface area (Å²) in [6.07, 6.45) is 0. The number of guanidine groups is 1. The van der Waals surface area contributed by atoms with Crippen molar-refractivity contribution in [2.75, 3.05) is 0 Å². The molecule has 9 N–H and O–H groups in total. The number of hydrazine groups is 2. The summed E-state index contributed by atoms with van der Waals surface area (Å²) in [4.78, 5) is 8.36. The molecular weight excluding hydrogens is 174 g/mol. The van der Waals surface area contributed by atoms with Gasteiger partial charge in [0.25, 0.3) is 11.0 Å². The fourth-order valence-corrected chi connectivity index (χ4v) is 0.153. The second-order valence-electron chi connectivity index (χ2n) is 1.21. The van der Waals surface area contributed by atoms with Gasteiger partial charge >= 0.3 is 0 Å². The van der Waals surface area contributed by atoms with Crippen LogP contribution in [0.15, 0.2) is 5.10 Å². The molecule has 0 radical (unpaired) electrons.